The van der Waals surface area contributed by atoms with Crippen molar-refractivity contribution in [2.45, 2.75) is 18.6 Å². The first-order valence-corrected chi connectivity index (χ1v) is 11.8. The molecule has 34 heavy (non-hydrogen) atoms. The number of benzene rings is 3. The van der Waals surface area contributed by atoms with Crippen molar-refractivity contribution in [1.82, 2.24) is 9.55 Å². The number of carbonyl (C=O) groups excluding carboxylic acids is 2. The second kappa shape index (κ2) is 10.8. The lowest BCUT2D eigenvalue weighted by Gasteiger charge is -2.13. The summed E-state index contributed by atoms with van der Waals surface area (Å²) in [5, 5.41) is 3.81. The van der Waals surface area contributed by atoms with Crippen LogP contribution in [-0.4, -0.2) is 33.8 Å². The van der Waals surface area contributed by atoms with E-state index in [1.807, 2.05) is 42.5 Å². The van der Waals surface area contributed by atoms with Crippen molar-refractivity contribution in [3.8, 4) is 0 Å². The first-order chi connectivity index (χ1) is 16.5. The molecule has 172 valence electrons. The molecule has 0 saturated heterocycles. The minimum absolute atomic E-state index is 0.0686. The Bertz CT molecular complexity index is 1370. The Morgan fingerprint density at radius 3 is 2.41 bits per heavy atom. The van der Waals surface area contributed by atoms with Gasteiger partial charge in [0, 0.05) is 5.69 Å². The summed E-state index contributed by atoms with van der Waals surface area (Å²) < 4.78 is 6.57. The van der Waals surface area contributed by atoms with E-state index >= 15 is 0 Å². The molecule has 1 heterocycles. The fraction of sp³-hybridized carbons (Fsp3) is 0.154. The molecule has 0 radical (unpaired) electrons. The standard InChI is InChI=1S/C26H23N3O4S/c1-2-33-25(32)19-12-14-20(15-13-19)27-23(30)17-34-26-28-22-11-7-6-10-21(22)24(31)29(26)16-18-8-4-3-5-9-18/h3-15H,2,16-17H2,1H3,(H,27,30). The molecule has 8 heteroatoms. The molecule has 0 aliphatic carbocycles. The minimum Gasteiger partial charge on any atom is -0.462 e. The van der Waals surface area contributed by atoms with Crippen LogP contribution < -0.4 is 10.9 Å². The fourth-order valence-corrected chi connectivity index (χ4v) is 4.19. The molecule has 0 bridgehead atoms. The summed E-state index contributed by atoms with van der Waals surface area (Å²) in [7, 11) is 0. The molecule has 1 N–H and O–H groups in total. The largest absolute Gasteiger partial charge is 0.462 e. The third kappa shape index (κ3) is 5.52. The maximum atomic E-state index is 13.2. The highest BCUT2D eigenvalue weighted by atomic mass is 32.2. The van der Waals surface area contributed by atoms with Gasteiger partial charge in [-0.3, -0.25) is 14.2 Å². The molecule has 1 aromatic heterocycles. The number of hydrogen-bond donors (Lipinski definition) is 1. The molecule has 3 aromatic carbocycles. The van der Waals surface area contributed by atoms with Crippen LogP contribution in [0.4, 0.5) is 5.69 Å². The van der Waals surface area contributed by atoms with E-state index in [2.05, 4.69) is 10.3 Å². The zero-order chi connectivity index (χ0) is 23.9. The third-order valence-electron chi connectivity index (χ3n) is 5.02. The average Bonchev–Trinajstić information content (AvgIpc) is 2.86. The normalized spacial score (nSPS) is 10.7. The van der Waals surface area contributed by atoms with Crippen LogP contribution >= 0.6 is 11.8 Å². The smallest absolute Gasteiger partial charge is 0.338 e. The van der Waals surface area contributed by atoms with Gasteiger partial charge in [-0.05, 0) is 48.9 Å². The van der Waals surface area contributed by atoms with Gasteiger partial charge in [-0.1, -0.05) is 54.2 Å². The van der Waals surface area contributed by atoms with Gasteiger partial charge in [-0.2, -0.15) is 0 Å². The molecule has 1 amide bonds. The number of amides is 1. The highest BCUT2D eigenvalue weighted by Crippen LogP contribution is 2.20. The van der Waals surface area contributed by atoms with Crippen molar-refractivity contribution >= 4 is 40.2 Å². The number of rotatable bonds is 8. The Morgan fingerprint density at radius 2 is 1.68 bits per heavy atom. The van der Waals surface area contributed by atoms with Gasteiger partial charge in [0.1, 0.15) is 0 Å². The summed E-state index contributed by atoms with van der Waals surface area (Å²) in [4.78, 5) is 42.2. The second-order valence-corrected chi connectivity index (χ2v) is 8.37. The highest BCUT2D eigenvalue weighted by molar-refractivity contribution is 7.99. The Hall–Kier alpha value is -3.91. The fourth-order valence-electron chi connectivity index (χ4n) is 3.39. The lowest BCUT2D eigenvalue weighted by atomic mass is 10.2. The molecule has 4 rings (SSSR count). The molecular weight excluding hydrogens is 450 g/mol. The topological polar surface area (TPSA) is 90.3 Å². The van der Waals surface area contributed by atoms with Crippen molar-refractivity contribution in [2.24, 2.45) is 0 Å². The lowest BCUT2D eigenvalue weighted by Crippen LogP contribution is -2.24. The van der Waals surface area contributed by atoms with E-state index in [9.17, 15) is 14.4 Å². The summed E-state index contributed by atoms with van der Waals surface area (Å²) in [6.45, 7) is 2.40. The van der Waals surface area contributed by atoms with Gasteiger partial charge in [0.15, 0.2) is 5.16 Å². The van der Waals surface area contributed by atoms with E-state index in [0.29, 0.717) is 40.5 Å². The van der Waals surface area contributed by atoms with Crippen LogP contribution in [0.5, 0.6) is 0 Å². The van der Waals surface area contributed by atoms with Crippen molar-refractivity contribution < 1.29 is 14.3 Å². The van der Waals surface area contributed by atoms with Crippen molar-refractivity contribution in [3.05, 3.63) is 100 Å². The van der Waals surface area contributed by atoms with Crippen LogP contribution in [0.2, 0.25) is 0 Å². The van der Waals surface area contributed by atoms with Crippen LogP contribution in [-0.2, 0) is 16.1 Å². The van der Waals surface area contributed by atoms with Crippen molar-refractivity contribution in [2.75, 3.05) is 17.7 Å². The maximum Gasteiger partial charge on any atom is 0.338 e. The first-order valence-electron chi connectivity index (χ1n) is 10.8. The van der Waals surface area contributed by atoms with Gasteiger partial charge in [-0.15, -0.1) is 0 Å². The Balaban J connectivity index is 1.51. The molecule has 0 fully saturated rings. The molecule has 4 aromatic rings. The number of anilines is 1. The van der Waals surface area contributed by atoms with Crippen LogP contribution in [0.1, 0.15) is 22.8 Å². The molecule has 0 spiro atoms. The monoisotopic (exact) mass is 473 g/mol. The predicted octanol–water partition coefficient (Wildman–Crippen LogP) is 4.35. The average molecular weight is 474 g/mol. The van der Waals surface area contributed by atoms with E-state index in [0.717, 1.165) is 5.56 Å². The Morgan fingerprint density at radius 1 is 0.971 bits per heavy atom. The quantitative estimate of drug-likeness (QED) is 0.232. The van der Waals surface area contributed by atoms with Crippen LogP contribution in [0.25, 0.3) is 10.9 Å². The van der Waals surface area contributed by atoms with Crippen LogP contribution in [0, 0.1) is 0 Å². The summed E-state index contributed by atoms with van der Waals surface area (Å²) in [6, 6.07) is 23.3. The van der Waals surface area contributed by atoms with Gasteiger partial charge in [0.2, 0.25) is 5.91 Å². The number of para-hydroxylation sites is 1. The number of hydrogen-bond acceptors (Lipinski definition) is 6. The number of esters is 1. The number of carbonyl (C=O) groups is 2. The van der Waals surface area contributed by atoms with Gasteiger partial charge in [0.25, 0.3) is 5.56 Å². The molecule has 7 nitrogen and oxygen atoms in total. The van der Waals surface area contributed by atoms with E-state index in [1.165, 1.54) is 11.8 Å². The molecule has 0 unspecified atom stereocenters. The van der Waals surface area contributed by atoms with E-state index in [-0.39, 0.29) is 17.2 Å². The Labute approximate surface area is 200 Å². The Kier molecular flexibility index (Phi) is 7.39. The molecule has 0 aliphatic rings. The zero-order valence-electron chi connectivity index (χ0n) is 18.6. The zero-order valence-corrected chi connectivity index (χ0v) is 19.4. The van der Waals surface area contributed by atoms with Crippen LogP contribution in [0.3, 0.4) is 0 Å². The van der Waals surface area contributed by atoms with Gasteiger partial charge < -0.3 is 10.1 Å². The number of fused-ring (bicyclic) bond motifs is 1. The SMILES string of the molecule is CCOC(=O)c1ccc(NC(=O)CSc2nc3ccccc3c(=O)n2Cc2ccccc2)cc1. The van der Waals surface area contributed by atoms with Crippen LogP contribution in [0.15, 0.2) is 88.8 Å². The number of aromatic nitrogens is 2. The predicted molar refractivity (Wildman–Crippen MR) is 133 cm³/mol. The number of nitrogens with zero attached hydrogens (tertiary/aromatic N) is 2. The van der Waals surface area contributed by atoms with Crippen molar-refractivity contribution in [3.63, 3.8) is 0 Å². The maximum absolute atomic E-state index is 13.2. The van der Waals surface area contributed by atoms with Gasteiger partial charge >= 0.3 is 5.97 Å². The van der Waals surface area contributed by atoms with E-state index in [1.54, 1.807) is 47.9 Å². The lowest BCUT2D eigenvalue weighted by molar-refractivity contribution is -0.113. The summed E-state index contributed by atoms with van der Waals surface area (Å²) in [5.41, 5.74) is 2.39. The van der Waals surface area contributed by atoms with E-state index < -0.39 is 5.97 Å². The van der Waals surface area contributed by atoms with Gasteiger partial charge in [0.05, 0.1) is 35.4 Å². The molecule has 0 aliphatic heterocycles. The molecule has 0 atom stereocenters. The van der Waals surface area contributed by atoms with E-state index in [4.69, 9.17) is 4.74 Å². The molecular formula is C26H23N3O4S. The summed E-state index contributed by atoms with van der Waals surface area (Å²) >= 11 is 1.20. The minimum atomic E-state index is -0.408. The van der Waals surface area contributed by atoms with Crippen molar-refractivity contribution in [1.29, 1.82) is 0 Å². The number of ether oxygens (including phenoxy) is 1. The second-order valence-electron chi connectivity index (χ2n) is 7.42. The third-order valence-corrected chi connectivity index (χ3v) is 6.00. The first kappa shape index (κ1) is 23.3. The van der Waals surface area contributed by atoms with Gasteiger partial charge in [-0.25, -0.2) is 9.78 Å². The number of thioether (sulfide) groups is 1. The summed E-state index contributed by atoms with van der Waals surface area (Å²) in [5.74, 6) is -0.587. The highest BCUT2D eigenvalue weighted by Gasteiger charge is 2.14. The summed E-state index contributed by atoms with van der Waals surface area (Å²) in [6.07, 6.45) is 0. The molecule has 0 saturated carbocycles. The number of nitrogens with one attached hydrogen (secondary N) is 1.